The highest BCUT2D eigenvalue weighted by Crippen LogP contribution is 2.24. The predicted molar refractivity (Wildman–Crippen MR) is 102 cm³/mol. The minimum absolute atomic E-state index is 0.134. The molecular formula is C20H24ClFN2O. The maximum absolute atomic E-state index is 14.0. The Labute approximate surface area is 153 Å². The van der Waals surface area contributed by atoms with Gasteiger partial charge in [0.1, 0.15) is 5.82 Å². The SMILES string of the molecule is Cc1cc(C)c(NC(=O)[C@@H](C)N(C)Cc2c(F)cccc2Cl)c(C)c1. The van der Waals surface area contributed by atoms with E-state index in [1.54, 1.807) is 31.0 Å². The number of carbonyl (C=O) groups excluding carboxylic acids is 1. The van der Waals surface area contributed by atoms with Gasteiger partial charge in [-0.3, -0.25) is 9.69 Å². The van der Waals surface area contributed by atoms with Crippen molar-refractivity contribution in [2.24, 2.45) is 0 Å². The first-order valence-corrected chi connectivity index (χ1v) is 8.60. The summed E-state index contributed by atoms with van der Waals surface area (Å²) >= 11 is 6.08. The quantitative estimate of drug-likeness (QED) is 0.823. The van der Waals surface area contributed by atoms with E-state index in [1.807, 2.05) is 32.9 Å². The highest BCUT2D eigenvalue weighted by Gasteiger charge is 2.21. The van der Waals surface area contributed by atoms with Crippen LogP contribution in [0.2, 0.25) is 5.02 Å². The van der Waals surface area contributed by atoms with Crippen LogP contribution in [-0.2, 0) is 11.3 Å². The van der Waals surface area contributed by atoms with Crippen LogP contribution in [0.3, 0.4) is 0 Å². The standard InChI is InChI=1S/C20H24ClFN2O/c1-12-9-13(2)19(14(3)10-12)23-20(25)15(4)24(5)11-16-17(21)7-6-8-18(16)22/h6-10,15H,11H2,1-5H3,(H,23,25)/t15-/m1/s1. The summed E-state index contributed by atoms with van der Waals surface area (Å²) in [6.07, 6.45) is 0. The number of likely N-dealkylation sites (N-methyl/N-ethyl adjacent to an activating group) is 1. The molecule has 0 radical (unpaired) electrons. The zero-order valence-corrected chi connectivity index (χ0v) is 16.0. The van der Waals surface area contributed by atoms with Crippen LogP contribution in [0.15, 0.2) is 30.3 Å². The molecule has 1 N–H and O–H groups in total. The first-order chi connectivity index (χ1) is 11.7. The highest BCUT2D eigenvalue weighted by molar-refractivity contribution is 6.31. The van der Waals surface area contributed by atoms with Gasteiger partial charge in [0.15, 0.2) is 0 Å². The van der Waals surface area contributed by atoms with Crippen LogP contribution >= 0.6 is 11.6 Å². The van der Waals surface area contributed by atoms with E-state index < -0.39 is 6.04 Å². The third-order valence-electron chi connectivity index (χ3n) is 4.44. The topological polar surface area (TPSA) is 32.3 Å². The molecule has 1 amide bonds. The lowest BCUT2D eigenvalue weighted by molar-refractivity contribution is -0.120. The number of nitrogens with zero attached hydrogens (tertiary/aromatic N) is 1. The van der Waals surface area contributed by atoms with Crippen LogP contribution in [0.25, 0.3) is 0 Å². The molecule has 1 atom stereocenters. The van der Waals surface area contributed by atoms with Gasteiger partial charge in [-0.05, 0) is 58.0 Å². The summed E-state index contributed by atoms with van der Waals surface area (Å²) in [6, 6.07) is 8.24. The van der Waals surface area contributed by atoms with Crippen molar-refractivity contribution in [1.82, 2.24) is 4.90 Å². The Hall–Kier alpha value is -1.91. The molecule has 2 rings (SSSR count). The molecule has 0 fully saturated rings. The lowest BCUT2D eigenvalue weighted by Crippen LogP contribution is -2.39. The second-order valence-electron chi connectivity index (χ2n) is 6.55. The van der Waals surface area contributed by atoms with Gasteiger partial charge in [0.25, 0.3) is 0 Å². The molecule has 0 saturated carbocycles. The number of halogens is 2. The molecule has 3 nitrogen and oxygen atoms in total. The van der Waals surface area contributed by atoms with Gasteiger partial charge in [0.2, 0.25) is 5.91 Å². The van der Waals surface area contributed by atoms with Gasteiger partial charge in [-0.25, -0.2) is 4.39 Å². The summed E-state index contributed by atoms with van der Waals surface area (Å²) in [5.41, 5.74) is 4.44. The second kappa shape index (κ2) is 7.98. The Morgan fingerprint density at radius 2 is 1.84 bits per heavy atom. The number of rotatable bonds is 5. The van der Waals surface area contributed by atoms with E-state index in [9.17, 15) is 9.18 Å². The average molecular weight is 363 g/mol. The number of benzene rings is 2. The number of hydrogen-bond donors (Lipinski definition) is 1. The summed E-state index contributed by atoms with van der Waals surface area (Å²) in [5.74, 6) is -0.498. The molecule has 0 aliphatic heterocycles. The molecule has 2 aromatic rings. The summed E-state index contributed by atoms with van der Waals surface area (Å²) in [6.45, 7) is 8.03. The van der Waals surface area contributed by atoms with Crippen molar-refractivity contribution in [2.75, 3.05) is 12.4 Å². The zero-order valence-electron chi connectivity index (χ0n) is 15.3. The first kappa shape index (κ1) is 19.4. The van der Waals surface area contributed by atoms with E-state index >= 15 is 0 Å². The summed E-state index contributed by atoms with van der Waals surface area (Å²) in [5, 5.41) is 3.36. The van der Waals surface area contributed by atoms with Crippen molar-refractivity contribution in [3.8, 4) is 0 Å². The molecule has 0 aromatic heterocycles. The molecule has 0 aliphatic carbocycles. The Morgan fingerprint density at radius 1 is 1.24 bits per heavy atom. The number of nitrogens with one attached hydrogen (secondary N) is 1. The van der Waals surface area contributed by atoms with Gasteiger partial charge in [0, 0.05) is 22.8 Å². The van der Waals surface area contributed by atoms with Gasteiger partial charge < -0.3 is 5.32 Å². The molecule has 0 bridgehead atoms. The van der Waals surface area contributed by atoms with Crippen LogP contribution in [0.5, 0.6) is 0 Å². The Balaban J connectivity index is 2.12. The summed E-state index contributed by atoms with van der Waals surface area (Å²) < 4.78 is 14.0. The van der Waals surface area contributed by atoms with Crippen LogP contribution in [0.4, 0.5) is 10.1 Å². The van der Waals surface area contributed by atoms with Crippen molar-refractivity contribution in [3.05, 3.63) is 63.4 Å². The lowest BCUT2D eigenvalue weighted by Gasteiger charge is -2.25. The molecule has 0 saturated heterocycles. The molecular weight excluding hydrogens is 339 g/mol. The number of anilines is 1. The molecule has 0 aliphatic rings. The van der Waals surface area contributed by atoms with Crippen molar-refractivity contribution >= 4 is 23.2 Å². The van der Waals surface area contributed by atoms with E-state index in [1.165, 1.54) is 6.07 Å². The van der Waals surface area contributed by atoms with Crippen molar-refractivity contribution < 1.29 is 9.18 Å². The van der Waals surface area contributed by atoms with Crippen LogP contribution in [0, 0.1) is 26.6 Å². The minimum atomic E-state index is -0.434. The second-order valence-corrected chi connectivity index (χ2v) is 6.96. The summed E-state index contributed by atoms with van der Waals surface area (Å²) in [7, 11) is 1.78. The predicted octanol–water partition coefficient (Wildman–Crippen LogP) is 4.86. The number of aryl methyl sites for hydroxylation is 3. The number of carbonyl (C=O) groups is 1. The fourth-order valence-electron chi connectivity index (χ4n) is 2.87. The summed E-state index contributed by atoms with van der Waals surface area (Å²) in [4.78, 5) is 14.4. The van der Waals surface area contributed by atoms with E-state index in [-0.39, 0.29) is 18.3 Å². The fourth-order valence-corrected chi connectivity index (χ4v) is 3.10. The molecule has 5 heteroatoms. The normalized spacial score (nSPS) is 12.3. The first-order valence-electron chi connectivity index (χ1n) is 8.22. The number of hydrogen-bond acceptors (Lipinski definition) is 2. The minimum Gasteiger partial charge on any atom is -0.324 e. The van der Waals surface area contributed by atoms with Crippen LogP contribution in [-0.4, -0.2) is 23.9 Å². The maximum Gasteiger partial charge on any atom is 0.241 e. The van der Waals surface area contributed by atoms with E-state index in [4.69, 9.17) is 11.6 Å². The third-order valence-corrected chi connectivity index (χ3v) is 4.79. The molecule has 25 heavy (non-hydrogen) atoms. The largest absolute Gasteiger partial charge is 0.324 e. The van der Waals surface area contributed by atoms with Crippen LogP contribution < -0.4 is 5.32 Å². The Bertz CT molecular complexity index is 748. The monoisotopic (exact) mass is 362 g/mol. The Morgan fingerprint density at radius 3 is 2.40 bits per heavy atom. The van der Waals surface area contributed by atoms with E-state index in [2.05, 4.69) is 5.32 Å². The van der Waals surface area contributed by atoms with E-state index in [0.717, 1.165) is 22.4 Å². The Kier molecular flexibility index (Phi) is 6.20. The van der Waals surface area contributed by atoms with Crippen molar-refractivity contribution in [1.29, 1.82) is 0 Å². The highest BCUT2D eigenvalue weighted by atomic mass is 35.5. The van der Waals surface area contributed by atoms with E-state index in [0.29, 0.717) is 10.6 Å². The zero-order chi connectivity index (χ0) is 18.7. The van der Waals surface area contributed by atoms with Gasteiger partial charge in [-0.2, -0.15) is 0 Å². The van der Waals surface area contributed by atoms with Crippen molar-refractivity contribution in [3.63, 3.8) is 0 Å². The van der Waals surface area contributed by atoms with Gasteiger partial charge in [0.05, 0.1) is 6.04 Å². The van der Waals surface area contributed by atoms with Crippen molar-refractivity contribution in [2.45, 2.75) is 40.3 Å². The van der Waals surface area contributed by atoms with Gasteiger partial charge in [-0.15, -0.1) is 0 Å². The molecule has 0 heterocycles. The maximum atomic E-state index is 14.0. The van der Waals surface area contributed by atoms with Gasteiger partial charge in [-0.1, -0.05) is 35.4 Å². The lowest BCUT2D eigenvalue weighted by atomic mass is 10.0. The van der Waals surface area contributed by atoms with Gasteiger partial charge >= 0.3 is 0 Å². The number of amides is 1. The third kappa shape index (κ3) is 4.59. The van der Waals surface area contributed by atoms with Crippen LogP contribution in [0.1, 0.15) is 29.2 Å². The molecule has 2 aromatic carbocycles. The average Bonchev–Trinajstić information content (AvgIpc) is 2.53. The fraction of sp³-hybridized carbons (Fsp3) is 0.350. The molecule has 134 valence electrons. The molecule has 0 spiro atoms. The molecule has 0 unspecified atom stereocenters. The smallest absolute Gasteiger partial charge is 0.241 e.